The summed E-state index contributed by atoms with van der Waals surface area (Å²) in [5.74, 6) is -1.08. The molecule has 0 bridgehead atoms. The van der Waals surface area contributed by atoms with Crippen molar-refractivity contribution in [1.29, 1.82) is 0 Å². The molecule has 0 atom stereocenters. The minimum absolute atomic E-state index is 0.0327. The number of hydrogen-bond acceptors (Lipinski definition) is 5. The number of nitrogens with one attached hydrogen (secondary N) is 1. The molecule has 2 aromatic heterocycles. The van der Waals surface area contributed by atoms with Crippen LogP contribution >= 0.6 is 23.1 Å². The highest BCUT2D eigenvalue weighted by Crippen LogP contribution is 2.34. The SMILES string of the molecule is CCc1c(-c2nnc(SCC(=O)Nc3ccc(F)cc3F)n2C(C)C)csc1C. The van der Waals surface area contributed by atoms with E-state index in [1.54, 1.807) is 11.3 Å². The van der Waals surface area contributed by atoms with Gasteiger partial charge in [0.25, 0.3) is 0 Å². The van der Waals surface area contributed by atoms with Crippen molar-refractivity contribution >= 4 is 34.7 Å². The van der Waals surface area contributed by atoms with Gasteiger partial charge in [0.2, 0.25) is 5.91 Å². The summed E-state index contributed by atoms with van der Waals surface area (Å²) in [6, 6.07) is 3.14. The number of thiophene rings is 1. The van der Waals surface area contributed by atoms with Crippen LogP contribution in [-0.2, 0) is 11.2 Å². The monoisotopic (exact) mass is 436 g/mol. The number of nitrogens with zero attached hydrogens (tertiary/aromatic N) is 3. The maximum Gasteiger partial charge on any atom is 0.234 e. The number of carbonyl (C=O) groups excluding carboxylic acids is 1. The Morgan fingerprint density at radius 2 is 2.07 bits per heavy atom. The van der Waals surface area contributed by atoms with E-state index in [2.05, 4.69) is 34.7 Å². The fourth-order valence-corrected chi connectivity index (χ4v) is 4.84. The lowest BCUT2D eigenvalue weighted by Gasteiger charge is -2.14. The van der Waals surface area contributed by atoms with Crippen molar-refractivity contribution in [2.24, 2.45) is 0 Å². The number of anilines is 1. The van der Waals surface area contributed by atoms with Gasteiger partial charge in [-0.3, -0.25) is 9.36 Å². The van der Waals surface area contributed by atoms with Crippen molar-refractivity contribution < 1.29 is 13.6 Å². The predicted molar refractivity (Wildman–Crippen MR) is 114 cm³/mol. The average Bonchev–Trinajstić information content (AvgIpc) is 3.25. The van der Waals surface area contributed by atoms with E-state index >= 15 is 0 Å². The Labute approximate surface area is 176 Å². The van der Waals surface area contributed by atoms with Crippen molar-refractivity contribution in [2.45, 2.75) is 45.3 Å². The van der Waals surface area contributed by atoms with Crippen molar-refractivity contribution in [1.82, 2.24) is 14.8 Å². The quantitative estimate of drug-likeness (QED) is 0.499. The Morgan fingerprint density at radius 3 is 2.72 bits per heavy atom. The van der Waals surface area contributed by atoms with Crippen LogP contribution in [0.2, 0.25) is 0 Å². The lowest BCUT2D eigenvalue weighted by molar-refractivity contribution is -0.113. The van der Waals surface area contributed by atoms with Crippen LogP contribution in [0.1, 0.15) is 37.3 Å². The standard InChI is InChI=1S/C20H22F2N4OS2/c1-5-14-12(4)28-9-15(14)19-24-25-20(26(19)11(2)3)29-10-18(27)23-17-7-6-13(21)8-16(17)22/h6-9,11H,5,10H2,1-4H3,(H,23,27). The highest BCUT2D eigenvalue weighted by atomic mass is 32.2. The lowest BCUT2D eigenvalue weighted by Crippen LogP contribution is -2.16. The largest absolute Gasteiger partial charge is 0.323 e. The second-order valence-corrected chi connectivity index (χ2v) is 8.79. The maximum absolute atomic E-state index is 13.7. The summed E-state index contributed by atoms with van der Waals surface area (Å²) in [6.07, 6.45) is 0.906. The number of halogens is 2. The summed E-state index contributed by atoms with van der Waals surface area (Å²) in [6.45, 7) is 8.28. The third-order valence-electron chi connectivity index (χ3n) is 4.42. The fourth-order valence-electron chi connectivity index (χ4n) is 3.04. The molecule has 0 radical (unpaired) electrons. The zero-order valence-electron chi connectivity index (χ0n) is 16.6. The van der Waals surface area contributed by atoms with Crippen molar-refractivity contribution in [3.63, 3.8) is 0 Å². The third-order valence-corrected chi connectivity index (χ3v) is 6.31. The molecule has 0 unspecified atom stereocenters. The first-order chi connectivity index (χ1) is 13.8. The van der Waals surface area contributed by atoms with Gasteiger partial charge < -0.3 is 5.32 Å². The first kappa shape index (κ1) is 21.4. The van der Waals surface area contributed by atoms with Gasteiger partial charge in [0.15, 0.2) is 11.0 Å². The van der Waals surface area contributed by atoms with E-state index in [1.165, 1.54) is 28.3 Å². The molecule has 9 heteroatoms. The van der Waals surface area contributed by atoms with Gasteiger partial charge in [-0.05, 0) is 44.9 Å². The van der Waals surface area contributed by atoms with Gasteiger partial charge >= 0.3 is 0 Å². The number of amides is 1. The smallest absolute Gasteiger partial charge is 0.234 e. The molecule has 0 spiro atoms. The number of thioether (sulfide) groups is 1. The molecule has 29 heavy (non-hydrogen) atoms. The van der Waals surface area contributed by atoms with E-state index in [-0.39, 0.29) is 17.5 Å². The summed E-state index contributed by atoms with van der Waals surface area (Å²) in [5.41, 5.74) is 2.27. The molecule has 0 fully saturated rings. The topological polar surface area (TPSA) is 59.8 Å². The molecule has 2 heterocycles. The van der Waals surface area contributed by atoms with Crippen LogP contribution in [0.15, 0.2) is 28.7 Å². The molecular formula is C20H22F2N4OS2. The molecule has 3 rings (SSSR count). The van der Waals surface area contributed by atoms with Gasteiger partial charge in [0.1, 0.15) is 11.6 Å². The molecule has 1 aromatic carbocycles. The molecule has 0 saturated carbocycles. The van der Waals surface area contributed by atoms with E-state index in [0.717, 1.165) is 29.9 Å². The number of benzene rings is 1. The zero-order chi connectivity index (χ0) is 21.1. The van der Waals surface area contributed by atoms with E-state index < -0.39 is 17.5 Å². The Balaban J connectivity index is 1.77. The van der Waals surface area contributed by atoms with Gasteiger partial charge in [0.05, 0.1) is 11.4 Å². The molecule has 154 valence electrons. The summed E-state index contributed by atoms with van der Waals surface area (Å²) >= 11 is 2.92. The molecule has 0 saturated heterocycles. The molecular weight excluding hydrogens is 414 g/mol. The average molecular weight is 437 g/mol. The molecule has 1 N–H and O–H groups in total. The highest BCUT2D eigenvalue weighted by molar-refractivity contribution is 7.99. The second kappa shape index (κ2) is 9.04. The van der Waals surface area contributed by atoms with E-state index in [9.17, 15) is 13.6 Å². The Morgan fingerprint density at radius 1 is 1.31 bits per heavy atom. The Kier molecular flexibility index (Phi) is 6.69. The van der Waals surface area contributed by atoms with Gasteiger partial charge in [-0.2, -0.15) is 0 Å². The third kappa shape index (κ3) is 4.67. The van der Waals surface area contributed by atoms with Gasteiger partial charge in [-0.15, -0.1) is 21.5 Å². The predicted octanol–water partition coefficient (Wildman–Crippen LogP) is 5.47. The minimum atomic E-state index is -0.809. The molecule has 0 aliphatic heterocycles. The highest BCUT2D eigenvalue weighted by Gasteiger charge is 2.21. The van der Waals surface area contributed by atoms with Crippen molar-refractivity contribution in [2.75, 3.05) is 11.1 Å². The first-order valence-corrected chi connectivity index (χ1v) is 11.1. The van der Waals surface area contributed by atoms with Crippen molar-refractivity contribution in [3.05, 3.63) is 45.7 Å². The number of aromatic nitrogens is 3. The van der Waals surface area contributed by atoms with Crippen LogP contribution in [0.25, 0.3) is 11.4 Å². The van der Waals surface area contributed by atoms with E-state index in [4.69, 9.17) is 0 Å². The van der Waals surface area contributed by atoms with Crippen LogP contribution < -0.4 is 5.32 Å². The summed E-state index contributed by atoms with van der Waals surface area (Å²) in [5, 5.41) is 13.8. The van der Waals surface area contributed by atoms with Crippen LogP contribution in [0, 0.1) is 18.6 Å². The second-order valence-electron chi connectivity index (χ2n) is 6.77. The number of aryl methyl sites for hydroxylation is 1. The number of carbonyl (C=O) groups is 1. The van der Waals surface area contributed by atoms with E-state index in [1.807, 2.05) is 18.4 Å². The van der Waals surface area contributed by atoms with Crippen molar-refractivity contribution in [3.8, 4) is 11.4 Å². The molecule has 0 aliphatic carbocycles. The van der Waals surface area contributed by atoms with Gasteiger partial charge in [0, 0.05) is 27.9 Å². The Hall–Kier alpha value is -2.26. The fraction of sp³-hybridized carbons (Fsp3) is 0.350. The summed E-state index contributed by atoms with van der Waals surface area (Å²) in [7, 11) is 0. The number of hydrogen-bond donors (Lipinski definition) is 1. The van der Waals surface area contributed by atoms with Crippen LogP contribution in [-0.4, -0.2) is 26.4 Å². The zero-order valence-corrected chi connectivity index (χ0v) is 18.3. The molecule has 1 amide bonds. The normalized spacial score (nSPS) is 11.3. The first-order valence-electron chi connectivity index (χ1n) is 9.21. The maximum atomic E-state index is 13.7. The van der Waals surface area contributed by atoms with E-state index in [0.29, 0.717) is 5.16 Å². The Bertz CT molecular complexity index is 1030. The lowest BCUT2D eigenvalue weighted by atomic mass is 10.1. The molecule has 3 aromatic rings. The molecule has 0 aliphatic rings. The number of rotatable bonds is 7. The molecule has 5 nitrogen and oxygen atoms in total. The minimum Gasteiger partial charge on any atom is -0.323 e. The van der Waals surface area contributed by atoms with Crippen LogP contribution in [0.4, 0.5) is 14.5 Å². The van der Waals surface area contributed by atoms with Crippen LogP contribution in [0.5, 0.6) is 0 Å². The summed E-state index contributed by atoms with van der Waals surface area (Å²) < 4.78 is 28.7. The summed E-state index contributed by atoms with van der Waals surface area (Å²) in [4.78, 5) is 13.5. The van der Waals surface area contributed by atoms with Crippen LogP contribution in [0.3, 0.4) is 0 Å². The van der Waals surface area contributed by atoms with Gasteiger partial charge in [-0.1, -0.05) is 18.7 Å². The van der Waals surface area contributed by atoms with Gasteiger partial charge in [-0.25, -0.2) is 8.78 Å².